The summed E-state index contributed by atoms with van der Waals surface area (Å²) in [5.74, 6) is -0.118. The van der Waals surface area contributed by atoms with Gasteiger partial charge in [-0.15, -0.1) is 5.10 Å². The van der Waals surface area contributed by atoms with Crippen LogP contribution in [-0.4, -0.2) is 59.6 Å². The maximum atomic E-state index is 14.0. The number of H-pyrrole nitrogens is 1. The standard InChI is InChI=1S/C23H23ClF6N6O2S/c24-18-11-14(32-21-33-20(31)34-35-21)10-17(23(28,29)30)19(18)13-3-5-15(6-4-13)39(37,38)16-2-1-8-36(12-16)9-7-22(25,26)27/h3-6,10-11,16H,1-2,7-9,12H2,(H4,31,32,33,34,35). The summed E-state index contributed by atoms with van der Waals surface area (Å²) in [6.45, 7) is -0.00892. The van der Waals surface area contributed by atoms with Gasteiger partial charge in [-0.1, -0.05) is 23.7 Å². The minimum absolute atomic E-state index is 0.0235. The summed E-state index contributed by atoms with van der Waals surface area (Å²) in [5.41, 5.74) is 3.96. The molecule has 2 aromatic carbocycles. The summed E-state index contributed by atoms with van der Waals surface area (Å²) in [7, 11) is -3.95. The molecule has 1 fully saturated rings. The predicted molar refractivity (Wildman–Crippen MR) is 133 cm³/mol. The van der Waals surface area contributed by atoms with E-state index in [0.717, 1.165) is 6.07 Å². The van der Waals surface area contributed by atoms with Gasteiger partial charge in [-0.2, -0.15) is 31.3 Å². The van der Waals surface area contributed by atoms with Crippen molar-refractivity contribution < 1.29 is 34.8 Å². The Bertz CT molecular complexity index is 1430. The first kappa shape index (κ1) is 29.0. The Hall–Kier alpha value is -3.04. The first-order valence-corrected chi connectivity index (χ1v) is 13.5. The van der Waals surface area contributed by atoms with Crippen molar-refractivity contribution in [1.82, 2.24) is 20.1 Å². The second-order valence-corrected chi connectivity index (χ2v) is 11.7. The maximum Gasteiger partial charge on any atom is 0.417 e. The Morgan fingerprint density at radius 3 is 2.41 bits per heavy atom. The number of nitrogens with two attached hydrogens (primary N) is 1. The average molecular weight is 597 g/mol. The molecule has 1 aromatic heterocycles. The van der Waals surface area contributed by atoms with E-state index >= 15 is 0 Å². The van der Waals surface area contributed by atoms with Gasteiger partial charge in [0.15, 0.2) is 9.84 Å². The highest BCUT2D eigenvalue weighted by molar-refractivity contribution is 7.92. The SMILES string of the molecule is Nc1nc(Nc2cc(Cl)c(-c3ccc(S(=O)(=O)C4CCCN(CCC(F)(F)F)C4)cc3)c(C(F)(F)F)c2)n[nH]1. The third kappa shape index (κ3) is 6.94. The van der Waals surface area contributed by atoms with Crippen LogP contribution in [0.5, 0.6) is 0 Å². The van der Waals surface area contributed by atoms with E-state index in [1.165, 1.54) is 35.2 Å². The van der Waals surface area contributed by atoms with Gasteiger partial charge < -0.3 is 16.0 Å². The van der Waals surface area contributed by atoms with Crippen LogP contribution in [0.15, 0.2) is 41.3 Å². The number of nitrogen functional groups attached to an aromatic ring is 1. The fourth-order valence-electron chi connectivity index (χ4n) is 4.41. The highest BCUT2D eigenvalue weighted by atomic mass is 35.5. The van der Waals surface area contributed by atoms with Crippen LogP contribution in [0.1, 0.15) is 24.8 Å². The van der Waals surface area contributed by atoms with Gasteiger partial charge in [-0.3, -0.25) is 0 Å². The third-order valence-electron chi connectivity index (χ3n) is 6.24. The lowest BCUT2D eigenvalue weighted by Crippen LogP contribution is -2.43. The largest absolute Gasteiger partial charge is 0.417 e. The summed E-state index contributed by atoms with van der Waals surface area (Å²) in [6, 6.07) is 6.85. The van der Waals surface area contributed by atoms with Gasteiger partial charge in [-0.05, 0) is 49.2 Å². The predicted octanol–water partition coefficient (Wildman–Crippen LogP) is 5.66. The summed E-state index contributed by atoms with van der Waals surface area (Å²) in [5, 5.41) is 7.43. The molecule has 0 aliphatic carbocycles. The number of halogens is 7. The molecule has 0 amide bonds. The number of aromatic amines is 1. The first-order chi connectivity index (χ1) is 18.1. The molecule has 1 aliphatic rings. The number of anilines is 3. The molecular formula is C23H23ClF6N6O2S. The zero-order chi connectivity index (χ0) is 28.6. The van der Waals surface area contributed by atoms with Crippen molar-refractivity contribution in [2.24, 2.45) is 0 Å². The number of piperidine rings is 1. The van der Waals surface area contributed by atoms with E-state index in [2.05, 4.69) is 20.5 Å². The molecule has 4 N–H and O–H groups in total. The number of benzene rings is 2. The second kappa shape index (κ2) is 10.8. The molecule has 0 spiro atoms. The molecule has 1 aliphatic heterocycles. The topological polar surface area (TPSA) is 117 Å². The summed E-state index contributed by atoms with van der Waals surface area (Å²) in [6.07, 6.45) is -9.54. The van der Waals surface area contributed by atoms with Crippen molar-refractivity contribution in [3.63, 3.8) is 0 Å². The molecule has 0 radical (unpaired) electrons. The van der Waals surface area contributed by atoms with E-state index in [4.69, 9.17) is 17.3 Å². The minimum Gasteiger partial charge on any atom is -0.368 e. The number of alkyl halides is 6. The van der Waals surface area contributed by atoms with Gasteiger partial charge in [0.2, 0.25) is 11.9 Å². The van der Waals surface area contributed by atoms with E-state index in [-0.39, 0.29) is 58.1 Å². The Morgan fingerprint density at radius 1 is 1.13 bits per heavy atom. The molecule has 16 heteroatoms. The second-order valence-electron chi connectivity index (χ2n) is 9.05. The van der Waals surface area contributed by atoms with Gasteiger partial charge in [0.05, 0.1) is 27.2 Å². The average Bonchev–Trinajstić information content (AvgIpc) is 3.26. The van der Waals surface area contributed by atoms with E-state index in [9.17, 15) is 34.8 Å². The Balaban J connectivity index is 1.59. The molecule has 1 saturated heterocycles. The van der Waals surface area contributed by atoms with Crippen molar-refractivity contribution in [2.75, 3.05) is 30.7 Å². The number of likely N-dealkylation sites (tertiary alicyclic amines) is 1. The molecule has 0 saturated carbocycles. The highest BCUT2D eigenvalue weighted by Gasteiger charge is 2.37. The zero-order valence-corrected chi connectivity index (χ0v) is 21.6. The van der Waals surface area contributed by atoms with Crippen LogP contribution in [0, 0.1) is 0 Å². The van der Waals surface area contributed by atoms with Crippen LogP contribution < -0.4 is 11.1 Å². The van der Waals surface area contributed by atoms with E-state index < -0.39 is 39.4 Å². The fraction of sp³-hybridized carbons (Fsp3) is 0.391. The molecule has 1 atom stereocenters. The number of sulfone groups is 1. The molecule has 3 aromatic rings. The Morgan fingerprint density at radius 2 is 1.82 bits per heavy atom. The van der Waals surface area contributed by atoms with E-state index in [1.807, 2.05) is 0 Å². The van der Waals surface area contributed by atoms with Crippen LogP contribution in [0.2, 0.25) is 5.02 Å². The lowest BCUT2D eigenvalue weighted by atomic mass is 9.98. The molecule has 0 bridgehead atoms. The molecule has 4 rings (SSSR count). The molecule has 8 nitrogen and oxygen atoms in total. The smallest absolute Gasteiger partial charge is 0.368 e. The summed E-state index contributed by atoms with van der Waals surface area (Å²) >= 11 is 6.26. The lowest BCUT2D eigenvalue weighted by Gasteiger charge is -2.32. The third-order valence-corrected chi connectivity index (χ3v) is 8.73. The summed E-state index contributed by atoms with van der Waals surface area (Å²) < 4.78 is 106. The zero-order valence-electron chi connectivity index (χ0n) is 20.1. The summed E-state index contributed by atoms with van der Waals surface area (Å²) in [4.78, 5) is 5.09. The van der Waals surface area contributed by atoms with Crippen molar-refractivity contribution >= 4 is 39.0 Å². The van der Waals surface area contributed by atoms with Gasteiger partial charge in [0, 0.05) is 24.3 Å². The lowest BCUT2D eigenvalue weighted by molar-refractivity contribution is -0.138. The van der Waals surface area contributed by atoms with Gasteiger partial charge in [0.25, 0.3) is 0 Å². The van der Waals surface area contributed by atoms with Crippen molar-refractivity contribution in [3.8, 4) is 11.1 Å². The van der Waals surface area contributed by atoms with Gasteiger partial charge in [0.1, 0.15) is 0 Å². The van der Waals surface area contributed by atoms with E-state index in [1.54, 1.807) is 0 Å². The number of aromatic nitrogens is 3. The van der Waals surface area contributed by atoms with Crippen LogP contribution in [0.25, 0.3) is 11.1 Å². The van der Waals surface area contributed by atoms with Crippen LogP contribution in [-0.2, 0) is 16.0 Å². The number of nitrogens with one attached hydrogen (secondary N) is 2. The van der Waals surface area contributed by atoms with Crippen LogP contribution in [0.4, 0.5) is 43.9 Å². The minimum atomic E-state index is -4.82. The number of hydrogen-bond donors (Lipinski definition) is 3. The Labute approximate surface area is 224 Å². The van der Waals surface area contributed by atoms with E-state index in [0.29, 0.717) is 13.0 Å². The number of rotatable bonds is 7. The highest BCUT2D eigenvalue weighted by Crippen LogP contribution is 2.43. The van der Waals surface area contributed by atoms with Gasteiger partial charge in [-0.25, -0.2) is 13.5 Å². The molecule has 212 valence electrons. The number of nitrogens with zero attached hydrogens (tertiary/aromatic N) is 3. The van der Waals surface area contributed by atoms with Crippen LogP contribution in [0.3, 0.4) is 0 Å². The number of hydrogen-bond acceptors (Lipinski definition) is 7. The first-order valence-electron chi connectivity index (χ1n) is 11.6. The van der Waals surface area contributed by atoms with Crippen molar-refractivity contribution in [1.29, 1.82) is 0 Å². The monoisotopic (exact) mass is 596 g/mol. The molecule has 39 heavy (non-hydrogen) atoms. The quantitative estimate of drug-likeness (QED) is 0.301. The molecular weight excluding hydrogens is 574 g/mol. The maximum absolute atomic E-state index is 14.0. The van der Waals surface area contributed by atoms with Crippen molar-refractivity contribution in [3.05, 3.63) is 47.0 Å². The normalized spacial score (nSPS) is 17.4. The molecule has 2 heterocycles. The van der Waals surface area contributed by atoms with Crippen molar-refractivity contribution in [2.45, 2.75) is 41.8 Å². The molecule has 1 unspecified atom stereocenters. The fourth-order valence-corrected chi connectivity index (χ4v) is 6.53. The Kier molecular flexibility index (Phi) is 8.06. The van der Waals surface area contributed by atoms with Gasteiger partial charge >= 0.3 is 12.4 Å². The van der Waals surface area contributed by atoms with Crippen LogP contribution >= 0.6 is 11.6 Å².